The highest BCUT2D eigenvalue weighted by molar-refractivity contribution is 5.95. The van der Waals surface area contributed by atoms with Crippen LogP contribution in [0.2, 0.25) is 0 Å². The van der Waals surface area contributed by atoms with Gasteiger partial charge in [0.1, 0.15) is 0 Å². The molecular formula is C14H14F3NO4. The standard InChI is InChI=1S/C14H14F3NO4/c1-8-6-18(7-11(22-8)13(20)21)12(19)9-3-2-4-10(5-9)14(15,16)17/h2-5,8,11H,6-7H2,1H3,(H,20,21)/t8-,11?/m1/s1. The number of alkyl halides is 3. The monoisotopic (exact) mass is 317 g/mol. The topological polar surface area (TPSA) is 66.8 Å². The Labute approximate surface area is 124 Å². The van der Waals surface area contributed by atoms with Gasteiger partial charge in [0.2, 0.25) is 0 Å². The molecule has 1 amide bonds. The lowest BCUT2D eigenvalue weighted by atomic mass is 10.1. The van der Waals surface area contributed by atoms with Crippen molar-refractivity contribution in [1.82, 2.24) is 4.90 Å². The third-order valence-electron chi connectivity index (χ3n) is 3.26. The van der Waals surface area contributed by atoms with Crippen LogP contribution in [0.5, 0.6) is 0 Å². The largest absolute Gasteiger partial charge is 0.479 e. The molecule has 1 fully saturated rings. The minimum absolute atomic E-state index is 0.124. The number of ether oxygens (including phenoxy) is 1. The Hall–Kier alpha value is -2.09. The van der Waals surface area contributed by atoms with Crippen LogP contribution in [0.15, 0.2) is 24.3 Å². The van der Waals surface area contributed by atoms with E-state index in [0.717, 1.165) is 18.2 Å². The molecule has 1 unspecified atom stereocenters. The minimum atomic E-state index is -4.54. The van der Waals surface area contributed by atoms with Crippen LogP contribution >= 0.6 is 0 Å². The maximum absolute atomic E-state index is 12.7. The minimum Gasteiger partial charge on any atom is -0.479 e. The first-order valence-electron chi connectivity index (χ1n) is 6.53. The number of rotatable bonds is 2. The molecule has 8 heteroatoms. The molecule has 0 spiro atoms. The van der Waals surface area contributed by atoms with Crippen molar-refractivity contribution in [3.8, 4) is 0 Å². The van der Waals surface area contributed by atoms with Gasteiger partial charge in [0, 0.05) is 12.1 Å². The van der Waals surface area contributed by atoms with Gasteiger partial charge in [-0.1, -0.05) is 6.07 Å². The fourth-order valence-electron chi connectivity index (χ4n) is 2.26. The smallest absolute Gasteiger partial charge is 0.416 e. The van der Waals surface area contributed by atoms with E-state index in [1.165, 1.54) is 11.0 Å². The first-order chi connectivity index (χ1) is 10.2. The van der Waals surface area contributed by atoms with Gasteiger partial charge in [0.25, 0.3) is 5.91 Å². The summed E-state index contributed by atoms with van der Waals surface area (Å²) in [7, 11) is 0. The van der Waals surface area contributed by atoms with Gasteiger partial charge in [-0.15, -0.1) is 0 Å². The van der Waals surface area contributed by atoms with Gasteiger partial charge in [-0.3, -0.25) is 4.79 Å². The van der Waals surface area contributed by atoms with Crippen LogP contribution in [0.25, 0.3) is 0 Å². The number of nitrogens with zero attached hydrogens (tertiary/aromatic N) is 1. The Kier molecular flexibility index (Phi) is 4.41. The van der Waals surface area contributed by atoms with Crippen LogP contribution < -0.4 is 0 Å². The number of hydrogen-bond acceptors (Lipinski definition) is 3. The molecule has 22 heavy (non-hydrogen) atoms. The summed E-state index contributed by atoms with van der Waals surface area (Å²) < 4.78 is 43.2. The summed E-state index contributed by atoms with van der Waals surface area (Å²) in [5.41, 5.74) is -1.05. The molecule has 1 aromatic carbocycles. The number of halogens is 3. The van der Waals surface area contributed by atoms with E-state index in [1.54, 1.807) is 6.92 Å². The summed E-state index contributed by atoms with van der Waals surface area (Å²) in [6.07, 6.45) is -6.24. The second-order valence-corrected chi connectivity index (χ2v) is 5.06. The van der Waals surface area contributed by atoms with E-state index in [0.29, 0.717) is 0 Å². The van der Waals surface area contributed by atoms with Crippen molar-refractivity contribution in [1.29, 1.82) is 0 Å². The molecule has 1 heterocycles. The zero-order chi connectivity index (χ0) is 16.5. The molecule has 2 atom stereocenters. The average Bonchev–Trinajstić information content (AvgIpc) is 2.45. The Morgan fingerprint density at radius 2 is 2.00 bits per heavy atom. The average molecular weight is 317 g/mol. The van der Waals surface area contributed by atoms with Crippen LogP contribution in [0.4, 0.5) is 13.2 Å². The number of carbonyl (C=O) groups excluding carboxylic acids is 1. The number of hydrogen-bond donors (Lipinski definition) is 1. The summed E-state index contributed by atoms with van der Waals surface area (Å²) in [5.74, 6) is -1.86. The van der Waals surface area contributed by atoms with Crippen LogP contribution in [-0.2, 0) is 15.7 Å². The maximum Gasteiger partial charge on any atom is 0.416 e. The predicted octanol–water partition coefficient (Wildman–Crippen LogP) is 2.02. The zero-order valence-electron chi connectivity index (χ0n) is 11.6. The summed E-state index contributed by atoms with van der Waals surface area (Å²) in [5, 5.41) is 8.97. The maximum atomic E-state index is 12.7. The van der Waals surface area contributed by atoms with Gasteiger partial charge in [-0.2, -0.15) is 13.2 Å². The lowest BCUT2D eigenvalue weighted by molar-refractivity contribution is -0.160. The lowest BCUT2D eigenvalue weighted by Crippen LogP contribution is -2.51. The van der Waals surface area contributed by atoms with Crippen molar-refractivity contribution in [3.05, 3.63) is 35.4 Å². The molecule has 0 aliphatic carbocycles. The number of carbonyl (C=O) groups is 2. The van der Waals surface area contributed by atoms with E-state index < -0.39 is 35.8 Å². The summed E-state index contributed by atoms with van der Waals surface area (Å²) in [4.78, 5) is 24.5. The molecule has 0 radical (unpaired) electrons. The predicted molar refractivity (Wildman–Crippen MR) is 69.3 cm³/mol. The van der Waals surface area contributed by atoms with Gasteiger partial charge in [0.15, 0.2) is 6.10 Å². The molecule has 0 bridgehead atoms. The van der Waals surface area contributed by atoms with Crippen molar-refractivity contribution in [2.45, 2.75) is 25.3 Å². The summed E-state index contributed by atoms with van der Waals surface area (Å²) in [6, 6.07) is 4.05. The quantitative estimate of drug-likeness (QED) is 0.906. The van der Waals surface area contributed by atoms with Crippen LogP contribution in [0.1, 0.15) is 22.8 Å². The summed E-state index contributed by atoms with van der Waals surface area (Å²) in [6.45, 7) is 1.52. The second kappa shape index (κ2) is 5.96. The van der Waals surface area contributed by atoms with Crippen molar-refractivity contribution in [2.75, 3.05) is 13.1 Å². The number of benzene rings is 1. The molecular weight excluding hydrogens is 303 g/mol. The van der Waals surface area contributed by atoms with Crippen molar-refractivity contribution >= 4 is 11.9 Å². The highest BCUT2D eigenvalue weighted by atomic mass is 19.4. The molecule has 1 N–H and O–H groups in total. The Bertz CT molecular complexity index is 588. The molecule has 1 saturated heterocycles. The highest BCUT2D eigenvalue weighted by Gasteiger charge is 2.34. The lowest BCUT2D eigenvalue weighted by Gasteiger charge is -2.35. The number of morpholine rings is 1. The van der Waals surface area contributed by atoms with Crippen molar-refractivity contribution in [2.24, 2.45) is 0 Å². The first kappa shape index (κ1) is 16.3. The van der Waals surface area contributed by atoms with E-state index in [4.69, 9.17) is 9.84 Å². The van der Waals surface area contributed by atoms with Crippen molar-refractivity contribution in [3.63, 3.8) is 0 Å². The Morgan fingerprint density at radius 1 is 1.32 bits per heavy atom. The van der Waals surface area contributed by atoms with E-state index >= 15 is 0 Å². The first-order valence-corrected chi connectivity index (χ1v) is 6.53. The van der Waals surface area contributed by atoms with Crippen molar-refractivity contribution < 1.29 is 32.6 Å². The van der Waals surface area contributed by atoms with Gasteiger partial charge in [0.05, 0.1) is 18.2 Å². The van der Waals surface area contributed by atoms with E-state index in [9.17, 15) is 22.8 Å². The van der Waals surface area contributed by atoms with Gasteiger partial charge in [-0.25, -0.2) is 4.79 Å². The molecule has 120 valence electrons. The molecule has 0 saturated carbocycles. The Balaban J connectivity index is 2.22. The SMILES string of the molecule is C[C@@H]1CN(C(=O)c2cccc(C(F)(F)F)c2)CC(C(=O)O)O1. The van der Waals surface area contributed by atoms with E-state index in [-0.39, 0.29) is 18.7 Å². The van der Waals surface area contributed by atoms with Gasteiger partial charge >= 0.3 is 12.1 Å². The summed E-state index contributed by atoms with van der Waals surface area (Å²) >= 11 is 0. The molecule has 2 rings (SSSR count). The molecule has 1 aromatic rings. The number of amides is 1. The third-order valence-corrected chi connectivity index (χ3v) is 3.26. The van der Waals surface area contributed by atoms with Crippen LogP contribution in [0, 0.1) is 0 Å². The molecule has 1 aliphatic rings. The Morgan fingerprint density at radius 3 is 2.59 bits per heavy atom. The van der Waals surface area contributed by atoms with Crippen LogP contribution in [-0.4, -0.2) is 47.2 Å². The fourth-order valence-corrected chi connectivity index (χ4v) is 2.26. The molecule has 1 aliphatic heterocycles. The van der Waals surface area contributed by atoms with Crippen LogP contribution in [0.3, 0.4) is 0 Å². The molecule has 0 aromatic heterocycles. The molecule has 5 nitrogen and oxygen atoms in total. The van der Waals surface area contributed by atoms with Gasteiger partial charge in [-0.05, 0) is 25.1 Å². The number of aliphatic carboxylic acids is 1. The third kappa shape index (κ3) is 3.56. The number of carboxylic acid groups (broad SMARTS) is 1. The second-order valence-electron chi connectivity index (χ2n) is 5.06. The highest BCUT2D eigenvalue weighted by Crippen LogP contribution is 2.30. The van der Waals surface area contributed by atoms with E-state index in [2.05, 4.69) is 0 Å². The normalized spacial score (nSPS) is 22.5. The van der Waals surface area contributed by atoms with E-state index in [1.807, 2.05) is 0 Å². The fraction of sp³-hybridized carbons (Fsp3) is 0.429. The zero-order valence-corrected chi connectivity index (χ0v) is 11.6. The van der Waals surface area contributed by atoms with Gasteiger partial charge < -0.3 is 14.7 Å². The number of carboxylic acids is 1.